The molecule has 21 heavy (non-hydrogen) atoms. The van der Waals surface area contributed by atoms with Crippen molar-refractivity contribution in [3.8, 4) is 0 Å². The molecule has 1 unspecified atom stereocenters. The molecule has 1 aliphatic rings. The van der Waals surface area contributed by atoms with E-state index < -0.39 is 11.4 Å². The lowest BCUT2D eigenvalue weighted by atomic mass is 9.80. The summed E-state index contributed by atoms with van der Waals surface area (Å²) in [5.41, 5.74) is -0.800. The molecule has 122 valence electrons. The van der Waals surface area contributed by atoms with E-state index in [4.69, 9.17) is 4.74 Å². The van der Waals surface area contributed by atoms with Gasteiger partial charge in [-0.25, -0.2) is 4.79 Å². The van der Waals surface area contributed by atoms with E-state index in [2.05, 4.69) is 10.6 Å². The van der Waals surface area contributed by atoms with Crippen LogP contribution in [-0.2, 0) is 9.53 Å². The predicted molar refractivity (Wildman–Crippen MR) is 80.2 cm³/mol. The number of carbonyl (C=O) groups is 2. The normalized spacial score (nSPS) is 19.3. The minimum atomic E-state index is -0.800. The molecule has 0 radical (unpaired) electrons. The van der Waals surface area contributed by atoms with Crippen molar-refractivity contribution in [2.45, 2.75) is 45.4 Å². The Labute approximate surface area is 126 Å². The molecule has 3 N–H and O–H groups in total. The Bertz CT molecular complexity index is 339. The SMILES string of the molecule is COCC(C)CNC(=O)NCC1(C(=O)O)CCCCCC1. The number of carboxylic acids is 1. The summed E-state index contributed by atoms with van der Waals surface area (Å²) in [6.07, 6.45) is 5.28. The number of methoxy groups -OCH3 is 1. The van der Waals surface area contributed by atoms with Gasteiger partial charge in [0, 0.05) is 20.2 Å². The monoisotopic (exact) mass is 300 g/mol. The number of hydrogen-bond donors (Lipinski definition) is 3. The highest BCUT2D eigenvalue weighted by Gasteiger charge is 2.38. The predicted octanol–water partition coefficient (Wildman–Crippen LogP) is 1.99. The number of carboxylic acid groups (broad SMARTS) is 1. The van der Waals surface area contributed by atoms with Crippen molar-refractivity contribution in [2.24, 2.45) is 11.3 Å². The van der Waals surface area contributed by atoms with E-state index in [1.54, 1.807) is 7.11 Å². The van der Waals surface area contributed by atoms with E-state index in [1.807, 2.05) is 6.92 Å². The van der Waals surface area contributed by atoms with Gasteiger partial charge in [0.1, 0.15) is 0 Å². The first-order valence-electron chi connectivity index (χ1n) is 7.74. The Kier molecular flexibility index (Phi) is 7.50. The number of aliphatic carboxylic acids is 1. The fraction of sp³-hybridized carbons (Fsp3) is 0.867. The van der Waals surface area contributed by atoms with Gasteiger partial charge in [-0.2, -0.15) is 0 Å². The molecule has 0 spiro atoms. The largest absolute Gasteiger partial charge is 0.481 e. The van der Waals surface area contributed by atoms with Gasteiger partial charge >= 0.3 is 12.0 Å². The highest BCUT2D eigenvalue weighted by molar-refractivity contribution is 5.78. The molecule has 0 aromatic heterocycles. The fourth-order valence-electron chi connectivity index (χ4n) is 2.79. The summed E-state index contributed by atoms with van der Waals surface area (Å²) in [4.78, 5) is 23.4. The van der Waals surface area contributed by atoms with Crippen molar-refractivity contribution in [1.82, 2.24) is 10.6 Å². The van der Waals surface area contributed by atoms with Gasteiger partial charge in [0.25, 0.3) is 0 Å². The zero-order valence-electron chi connectivity index (χ0n) is 13.1. The van der Waals surface area contributed by atoms with Crippen molar-refractivity contribution in [1.29, 1.82) is 0 Å². The van der Waals surface area contributed by atoms with Gasteiger partial charge in [-0.15, -0.1) is 0 Å². The summed E-state index contributed by atoms with van der Waals surface area (Å²) in [7, 11) is 1.62. The minimum Gasteiger partial charge on any atom is -0.481 e. The quantitative estimate of drug-likeness (QED) is 0.627. The first-order chi connectivity index (χ1) is 10.00. The number of rotatable bonds is 7. The molecular formula is C15H28N2O4. The van der Waals surface area contributed by atoms with E-state index in [9.17, 15) is 14.7 Å². The van der Waals surface area contributed by atoms with Crippen LogP contribution in [0.1, 0.15) is 45.4 Å². The van der Waals surface area contributed by atoms with Crippen LogP contribution in [0, 0.1) is 11.3 Å². The van der Waals surface area contributed by atoms with E-state index in [-0.39, 0.29) is 18.5 Å². The molecule has 6 heteroatoms. The summed E-state index contributed by atoms with van der Waals surface area (Å²) in [6.45, 7) is 3.28. The molecule has 1 atom stereocenters. The number of carbonyl (C=O) groups excluding carboxylic acids is 1. The maximum atomic E-state index is 11.8. The van der Waals surface area contributed by atoms with Crippen molar-refractivity contribution in [2.75, 3.05) is 26.8 Å². The second-order valence-electron chi connectivity index (χ2n) is 6.12. The second-order valence-corrected chi connectivity index (χ2v) is 6.12. The van der Waals surface area contributed by atoms with Crippen LogP contribution >= 0.6 is 0 Å². The third-order valence-electron chi connectivity index (χ3n) is 4.16. The standard InChI is InChI=1S/C15H28N2O4/c1-12(10-21-2)9-16-14(20)17-11-15(13(18)19)7-5-3-4-6-8-15/h12H,3-11H2,1-2H3,(H,18,19)(H2,16,17,20). The van der Waals surface area contributed by atoms with Gasteiger partial charge in [0.05, 0.1) is 12.0 Å². The first kappa shape index (κ1) is 17.8. The summed E-state index contributed by atoms with van der Waals surface area (Å²) in [5, 5.41) is 15.0. The van der Waals surface area contributed by atoms with Crippen molar-refractivity contribution in [3.63, 3.8) is 0 Å². The van der Waals surface area contributed by atoms with Crippen LogP contribution in [0.25, 0.3) is 0 Å². The summed E-state index contributed by atoms with van der Waals surface area (Å²) in [6, 6.07) is -0.303. The fourth-order valence-corrected chi connectivity index (χ4v) is 2.79. The molecule has 0 aliphatic heterocycles. The maximum absolute atomic E-state index is 11.8. The van der Waals surface area contributed by atoms with Crippen LogP contribution in [0.3, 0.4) is 0 Å². The van der Waals surface area contributed by atoms with Gasteiger partial charge in [-0.05, 0) is 18.8 Å². The Balaban J connectivity index is 2.42. The zero-order chi connectivity index (χ0) is 15.7. The number of hydrogen-bond acceptors (Lipinski definition) is 3. The van der Waals surface area contributed by atoms with Crippen LogP contribution in [0.4, 0.5) is 4.79 Å². The smallest absolute Gasteiger partial charge is 0.314 e. The molecule has 6 nitrogen and oxygen atoms in total. The average Bonchev–Trinajstić information content (AvgIpc) is 2.70. The van der Waals surface area contributed by atoms with E-state index in [0.29, 0.717) is 26.0 Å². The van der Waals surface area contributed by atoms with Gasteiger partial charge in [0.15, 0.2) is 0 Å². The van der Waals surface area contributed by atoms with Crippen LogP contribution in [0.15, 0.2) is 0 Å². The molecule has 1 fully saturated rings. The number of urea groups is 1. The lowest BCUT2D eigenvalue weighted by Gasteiger charge is -2.28. The molecule has 0 heterocycles. The molecule has 1 aliphatic carbocycles. The molecule has 0 aromatic carbocycles. The van der Waals surface area contributed by atoms with Gasteiger partial charge in [0.2, 0.25) is 0 Å². The molecule has 0 aromatic rings. The van der Waals surface area contributed by atoms with E-state index in [0.717, 1.165) is 25.7 Å². The lowest BCUT2D eigenvalue weighted by molar-refractivity contribution is -0.149. The molecule has 0 bridgehead atoms. The number of amides is 2. The summed E-state index contributed by atoms with van der Waals surface area (Å²) in [5.74, 6) is -0.565. The van der Waals surface area contributed by atoms with Crippen molar-refractivity contribution < 1.29 is 19.4 Å². The van der Waals surface area contributed by atoms with Crippen molar-refractivity contribution in [3.05, 3.63) is 0 Å². The molecular weight excluding hydrogens is 272 g/mol. The topological polar surface area (TPSA) is 87.7 Å². The molecule has 1 rings (SSSR count). The Morgan fingerprint density at radius 3 is 2.33 bits per heavy atom. The zero-order valence-corrected chi connectivity index (χ0v) is 13.1. The first-order valence-corrected chi connectivity index (χ1v) is 7.74. The van der Waals surface area contributed by atoms with Gasteiger partial charge in [-0.3, -0.25) is 4.79 Å². The summed E-state index contributed by atoms with van der Waals surface area (Å²) >= 11 is 0. The van der Waals surface area contributed by atoms with Crippen LogP contribution in [-0.4, -0.2) is 43.9 Å². The highest BCUT2D eigenvalue weighted by atomic mass is 16.5. The second kappa shape index (κ2) is 8.87. The molecule has 2 amide bonds. The number of ether oxygens (including phenoxy) is 1. The Morgan fingerprint density at radius 1 is 1.19 bits per heavy atom. The summed E-state index contributed by atoms with van der Waals surface area (Å²) < 4.78 is 5.00. The maximum Gasteiger partial charge on any atom is 0.314 e. The van der Waals surface area contributed by atoms with Gasteiger partial charge < -0.3 is 20.5 Å². The molecule has 1 saturated carbocycles. The molecule has 0 saturated heterocycles. The highest BCUT2D eigenvalue weighted by Crippen LogP contribution is 2.34. The van der Waals surface area contributed by atoms with Crippen LogP contribution in [0.2, 0.25) is 0 Å². The lowest BCUT2D eigenvalue weighted by Crippen LogP contribution is -2.47. The van der Waals surface area contributed by atoms with Crippen molar-refractivity contribution >= 4 is 12.0 Å². The minimum absolute atomic E-state index is 0.201. The van der Waals surface area contributed by atoms with E-state index in [1.165, 1.54) is 0 Å². The number of nitrogens with one attached hydrogen (secondary N) is 2. The Morgan fingerprint density at radius 2 is 1.81 bits per heavy atom. The third-order valence-corrected chi connectivity index (χ3v) is 4.16. The van der Waals surface area contributed by atoms with Crippen LogP contribution < -0.4 is 10.6 Å². The Hall–Kier alpha value is -1.30. The average molecular weight is 300 g/mol. The van der Waals surface area contributed by atoms with Crippen LogP contribution in [0.5, 0.6) is 0 Å². The van der Waals surface area contributed by atoms with Gasteiger partial charge in [-0.1, -0.05) is 32.6 Å². The third kappa shape index (κ3) is 5.91. The van der Waals surface area contributed by atoms with E-state index >= 15 is 0 Å².